The van der Waals surface area contributed by atoms with E-state index in [0.29, 0.717) is 53.8 Å². The molecule has 4 nitrogen and oxygen atoms in total. The Hall–Kier alpha value is -1.42. The average Bonchev–Trinajstić information content (AvgIpc) is 3.19. The van der Waals surface area contributed by atoms with E-state index in [2.05, 4.69) is 19.9 Å². The molecule has 5 aliphatic rings. The van der Waals surface area contributed by atoms with Crippen LogP contribution >= 0.6 is 0 Å². The van der Waals surface area contributed by atoms with Crippen LogP contribution in [0.5, 0.6) is 17.2 Å². The number of fused-ring (bicyclic) bond motifs is 5. The quantitative estimate of drug-likeness (QED) is 0.750. The standard InChI is InChI=1S/C26H36O4/c1-4-25-9-10-26(14-17(25)15-27)19-6-5-16-13-20(28-3)22-23(30-12-11-29-22)21(16)18(19)7-8-24(25,26)2/h13,17-19,27H,4-12,14-15H2,1-3H3/t17-,18-,19+,24+,25+,26?/m0/s1. The second kappa shape index (κ2) is 6.31. The number of aliphatic hydroxyl groups excluding tert-OH is 1. The van der Waals surface area contributed by atoms with E-state index >= 15 is 0 Å². The van der Waals surface area contributed by atoms with Crippen LogP contribution in [0, 0.1) is 28.1 Å². The van der Waals surface area contributed by atoms with Gasteiger partial charge in [0, 0.05) is 12.2 Å². The summed E-state index contributed by atoms with van der Waals surface area (Å²) in [6.45, 7) is 6.57. The number of hydrogen-bond acceptors (Lipinski definition) is 4. The van der Waals surface area contributed by atoms with Crippen LogP contribution in [0.25, 0.3) is 0 Å². The van der Waals surface area contributed by atoms with E-state index in [1.165, 1.54) is 56.1 Å². The van der Waals surface area contributed by atoms with Gasteiger partial charge in [0.2, 0.25) is 5.75 Å². The van der Waals surface area contributed by atoms with Crippen molar-refractivity contribution in [2.45, 2.75) is 71.1 Å². The van der Waals surface area contributed by atoms with Gasteiger partial charge in [0.25, 0.3) is 0 Å². The zero-order chi connectivity index (χ0) is 20.7. The Morgan fingerprint density at radius 3 is 2.67 bits per heavy atom. The molecule has 0 amide bonds. The number of methoxy groups -OCH3 is 1. The number of benzene rings is 1. The van der Waals surface area contributed by atoms with E-state index in [9.17, 15) is 5.11 Å². The Bertz CT molecular complexity index is 880. The highest BCUT2D eigenvalue weighted by Crippen LogP contribution is 2.83. The Balaban J connectivity index is 1.48. The lowest BCUT2D eigenvalue weighted by atomic mass is 9.47. The van der Waals surface area contributed by atoms with E-state index in [1.54, 1.807) is 7.11 Å². The first-order chi connectivity index (χ1) is 14.5. The Morgan fingerprint density at radius 1 is 1.13 bits per heavy atom. The van der Waals surface area contributed by atoms with Crippen molar-refractivity contribution in [3.05, 3.63) is 17.2 Å². The summed E-state index contributed by atoms with van der Waals surface area (Å²) in [6, 6.07) is 2.22. The molecular weight excluding hydrogens is 376 g/mol. The number of ether oxygens (including phenoxy) is 3. The van der Waals surface area contributed by atoms with Crippen molar-refractivity contribution in [2.24, 2.45) is 28.1 Å². The largest absolute Gasteiger partial charge is 0.493 e. The van der Waals surface area contributed by atoms with Gasteiger partial charge in [-0.1, -0.05) is 13.8 Å². The van der Waals surface area contributed by atoms with Gasteiger partial charge in [0.05, 0.1) is 7.11 Å². The minimum absolute atomic E-state index is 0.339. The molecule has 0 spiro atoms. The summed E-state index contributed by atoms with van der Waals surface area (Å²) in [5.74, 6) is 4.34. The van der Waals surface area contributed by atoms with Gasteiger partial charge in [0.1, 0.15) is 13.2 Å². The smallest absolute Gasteiger partial charge is 0.204 e. The number of aliphatic hydroxyl groups is 1. The van der Waals surface area contributed by atoms with Gasteiger partial charge < -0.3 is 19.3 Å². The Kier molecular flexibility index (Phi) is 4.05. The summed E-state index contributed by atoms with van der Waals surface area (Å²) in [5.41, 5.74) is 3.92. The fourth-order valence-electron chi connectivity index (χ4n) is 9.63. The fraction of sp³-hybridized carbons (Fsp3) is 0.769. The maximum atomic E-state index is 10.4. The van der Waals surface area contributed by atoms with Crippen LogP contribution in [0.15, 0.2) is 6.07 Å². The third kappa shape index (κ3) is 1.99. The monoisotopic (exact) mass is 412 g/mol. The topological polar surface area (TPSA) is 47.9 Å². The summed E-state index contributed by atoms with van der Waals surface area (Å²) < 4.78 is 18.0. The molecule has 1 aliphatic heterocycles. The van der Waals surface area contributed by atoms with Crippen LogP contribution in [-0.4, -0.2) is 32.0 Å². The minimum atomic E-state index is 0.339. The first kappa shape index (κ1) is 19.3. The Labute approximate surface area is 180 Å². The van der Waals surface area contributed by atoms with Gasteiger partial charge in [-0.15, -0.1) is 0 Å². The summed E-state index contributed by atoms with van der Waals surface area (Å²) >= 11 is 0. The molecule has 164 valence electrons. The number of hydrogen-bond donors (Lipinski definition) is 1. The summed E-state index contributed by atoms with van der Waals surface area (Å²) in [7, 11) is 1.73. The lowest BCUT2D eigenvalue weighted by Gasteiger charge is -2.58. The molecule has 0 aromatic heterocycles. The van der Waals surface area contributed by atoms with Crippen LogP contribution in [0.2, 0.25) is 0 Å². The zero-order valence-electron chi connectivity index (χ0n) is 18.8. The molecule has 1 heterocycles. The van der Waals surface area contributed by atoms with Gasteiger partial charge >= 0.3 is 0 Å². The molecule has 4 aliphatic carbocycles. The van der Waals surface area contributed by atoms with E-state index in [4.69, 9.17) is 14.2 Å². The van der Waals surface area contributed by atoms with Crippen molar-refractivity contribution >= 4 is 0 Å². The lowest BCUT2D eigenvalue weighted by Crippen LogP contribution is -2.50. The highest BCUT2D eigenvalue weighted by molar-refractivity contribution is 5.62. The van der Waals surface area contributed by atoms with Crippen LogP contribution in [0.1, 0.15) is 75.8 Å². The average molecular weight is 413 g/mol. The molecule has 1 aromatic carbocycles. The Morgan fingerprint density at radius 2 is 1.93 bits per heavy atom. The first-order valence-corrected chi connectivity index (χ1v) is 12.2. The molecular formula is C26H36O4. The highest BCUT2D eigenvalue weighted by Gasteiger charge is 2.75. The molecule has 1 unspecified atom stereocenters. The summed E-state index contributed by atoms with van der Waals surface area (Å²) in [4.78, 5) is 0. The lowest BCUT2D eigenvalue weighted by molar-refractivity contribution is -0.0613. The molecule has 0 saturated heterocycles. The van der Waals surface area contributed by atoms with Crippen LogP contribution < -0.4 is 14.2 Å². The number of aryl methyl sites for hydroxylation is 1. The van der Waals surface area contributed by atoms with E-state index in [0.717, 1.165) is 23.7 Å². The predicted octanol–water partition coefficient (Wildman–Crippen LogP) is 5.10. The zero-order valence-corrected chi connectivity index (χ0v) is 18.8. The van der Waals surface area contributed by atoms with E-state index in [-0.39, 0.29) is 0 Å². The molecule has 30 heavy (non-hydrogen) atoms. The normalized spacial score (nSPS) is 43.0. The summed E-state index contributed by atoms with van der Waals surface area (Å²) in [6.07, 6.45) is 9.96. The number of rotatable bonds is 3. The van der Waals surface area contributed by atoms with Crippen LogP contribution in [0.4, 0.5) is 0 Å². The molecule has 0 radical (unpaired) electrons. The molecule has 1 aromatic rings. The molecule has 2 bridgehead atoms. The fourth-order valence-corrected chi connectivity index (χ4v) is 9.63. The maximum absolute atomic E-state index is 10.4. The van der Waals surface area contributed by atoms with E-state index in [1.807, 2.05) is 0 Å². The molecule has 6 atom stereocenters. The third-order valence-corrected chi connectivity index (χ3v) is 10.8. The highest BCUT2D eigenvalue weighted by atomic mass is 16.6. The second-order valence-electron chi connectivity index (χ2n) is 10.9. The molecule has 6 rings (SSSR count). The van der Waals surface area contributed by atoms with Gasteiger partial charge in [-0.05, 0) is 97.0 Å². The van der Waals surface area contributed by atoms with Crippen molar-refractivity contribution < 1.29 is 19.3 Å². The SMILES string of the molecule is CC[C@@]12CCC3(C[C@H]1CO)[C@@H]1CCc4cc(OC)c5c(c4[C@H]1CC[C@@]32C)OCCO5. The minimum Gasteiger partial charge on any atom is -0.493 e. The molecule has 3 fully saturated rings. The van der Waals surface area contributed by atoms with Gasteiger partial charge in [-0.2, -0.15) is 0 Å². The van der Waals surface area contributed by atoms with Gasteiger partial charge in [-0.3, -0.25) is 0 Å². The van der Waals surface area contributed by atoms with E-state index < -0.39 is 0 Å². The second-order valence-corrected chi connectivity index (χ2v) is 10.9. The maximum Gasteiger partial charge on any atom is 0.204 e. The van der Waals surface area contributed by atoms with Crippen LogP contribution in [-0.2, 0) is 6.42 Å². The van der Waals surface area contributed by atoms with Crippen molar-refractivity contribution in [1.29, 1.82) is 0 Å². The van der Waals surface area contributed by atoms with Crippen molar-refractivity contribution in [3.63, 3.8) is 0 Å². The third-order valence-electron chi connectivity index (χ3n) is 10.8. The van der Waals surface area contributed by atoms with Crippen LogP contribution in [0.3, 0.4) is 0 Å². The van der Waals surface area contributed by atoms with Crippen molar-refractivity contribution in [1.82, 2.24) is 0 Å². The van der Waals surface area contributed by atoms with Crippen molar-refractivity contribution in [3.8, 4) is 17.2 Å². The van der Waals surface area contributed by atoms with Gasteiger partial charge in [0.15, 0.2) is 11.5 Å². The molecule has 4 heteroatoms. The predicted molar refractivity (Wildman–Crippen MR) is 115 cm³/mol. The van der Waals surface area contributed by atoms with Gasteiger partial charge in [-0.25, -0.2) is 0 Å². The van der Waals surface area contributed by atoms with Crippen molar-refractivity contribution in [2.75, 3.05) is 26.9 Å². The molecule has 1 N–H and O–H groups in total. The summed E-state index contributed by atoms with van der Waals surface area (Å²) in [5, 5.41) is 10.4. The molecule has 3 saturated carbocycles. The first-order valence-electron chi connectivity index (χ1n) is 12.2.